The van der Waals surface area contributed by atoms with Crippen LogP contribution in [-0.2, 0) is 4.74 Å². The van der Waals surface area contributed by atoms with Gasteiger partial charge in [-0.05, 0) is 12.5 Å². The summed E-state index contributed by atoms with van der Waals surface area (Å²) in [5.41, 5.74) is 0. The fourth-order valence-electron chi connectivity index (χ4n) is 1.43. The topological polar surface area (TPSA) is 24.5 Å². The highest BCUT2D eigenvalue weighted by atomic mass is 16.5. The van der Waals surface area contributed by atoms with Crippen LogP contribution in [0.3, 0.4) is 0 Å². The van der Waals surface area contributed by atoms with E-state index in [1.54, 1.807) is 7.11 Å². The second-order valence-electron chi connectivity index (χ2n) is 4.03. The molecule has 3 heteroatoms. The predicted molar refractivity (Wildman–Crippen MR) is 61.7 cm³/mol. The van der Waals surface area contributed by atoms with Crippen LogP contribution in [-0.4, -0.2) is 51.3 Å². The van der Waals surface area contributed by atoms with Gasteiger partial charge in [0.1, 0.15) is 0 Å². The average Bonchev–Trinajstić information content (AvgIpc) is 2.15. The van der Waals surface area contributed by atoms with E-state index < -0.39 is 0 Å². The van der Waals surface area contributed by atoms with Crippen LogP contribution in [0.1, 0.15) is 20.8 Å². The molecule has 3 nitrogen and oxygen atoms in total. The molecule has 1 N–H and O–H groups in total. The molecular formula is C11H26N2O. The second kappa shape index (κ2) is 9.44. The lowest BCUT2D eigenvalue weighted by Gasteiger charge is -2.22. The summed E-state index contributed by atoms with van der Waals surface area (Å²) in [6, 6.07) is 0. The summed E-state index contributed by atoms with van der Waals surface area (Å²) < 4.78 is 4.96. The molecule has 0 bridgehead atoms. The van der Waals surface area contributed by atoms with Gasteiger partial charge in [0, 0.05) is 33.3 Å². The van der Waals surface area contributed by atoms with Gasteiger partial charge in [0.05, 0.1) is 6.61 Å². The van der Waals surface area contributed by atoms with E-state index in [2.05, 4.69) is 31.0 Å². The van der Waals surface area contributed by atoms with Gasteiger partial charge in [-0.25, -0.2) is 0 Å². The molecule has 0 radical (unpaired) electrons. The highest BCUT2D eigenvalue weighted by molar-refractivity contribution is 4.59. The average molecular weight is 202 g/mol. The normalized spacial score (nSPS) is 11.6. The molecule has 0 spiro atoms. The van der Waals surface area contributed by atoms with Gasteiger partial charge in [-0.3, -0.25) is 0 Å². The molecule has 0 aliphatic heterocycles. The van der Waals surface area contributed by atoms with Crippen LogP contribution in [0.4, 0.5) is 0 Å². The van der Waals surface area contributed by atoms with Crippen molar-refractivity contribution in [3.8, 4) is 0 Å². The molecule has 0 heterocycles. The SMILES string of the molecule is CCN(CCNCCOC)CC(C)C. The largest absolute Gasteiger partial charge is 0.383 e. The number of rotatable bonds is 9. The van der Waals surface area contributed by atoms with Crippen LogP contribution in [0.15, 0.2) is 0 Å². The summed E-state index contributed by atoms with van der Waals surface area (Å²) in [6.07, 6.45) is 0. The second-order valence-corrected chi connectivity index (χ2v) is 4.03. The van der Waals surface area contributed by atoms with E-state index in [0.717, 1.165) is 38.7 Å². The number of methoxy groups -OCH3 is 1. The van der Waals surface area contributed by atoms with Crippen LogP contribution in [0.5, 0.6) is 0 Å². The third-order valence-electron chi connectivity index (χ3n) is 2.16. The molecule has 0 aliphatic rings. The molecular weight excluding hydrogens is 176 g/mol. The zero-order valence-corrected chi connectivity index (χ0v) is 10.2. The monoisotopic (exact) mass is 202 g/mol. The van der Waals surface area contributed by atoms with Crippen molar-refractivity contribution in [2.24, 2.45) is 5.92 Å². The van der Waals surface area contributed by atoms with E-state index in [0.29, 0.717) is 0 Å². The zero-order chi connectivity index (χ0) is 10.8. The lowest BCUT2D eigenvalue weighted by molar-refractivity contribution is 0.195. The number of ether oxygens (including phenoxy) is 1. The maximum absolute atomic E-state index is 4.96. The zero-order valence-electron chi connectivity index (χ0n) is 10.2. The number of hydrogen-bond donors (Lipinski definition) is 1. The van der Waals surface area contributed by atoms with Gasteiger partial charge in [0.2, 0.25) is 0 Å². The Balaban J connectivity index is 3.33. The van der Waals surface area contributed by atoms with Crippen molar-refractivity contribution in [2.45, 2.75) is 20.8 Å². The van der Waals surface area contributed by atoms with Crippen molar-refractivity contribution in [2.75, 3.05) is 46.4 Å². The van der Waals surface area contributed by atoms with Crippen molar-refractivity contribution < 1.29 is 4.74 Å². The molecule has 0 atom stereocenters. The first-order valence-electron chi connectivity index (χ1n) is 5.62. The van der Waals surface area contributed by atoms with Crippen molar-refractivity contribution in [3.05, 3.63) is 0 Å². The van der Waals surface area contributed by atoms with Gasteiger partial charge < -0.3 is 15.0 Å². The minimum atomic E-state index is 0.758. The minimum absolute atomic E-state index is 0.758. The number of nitrogens with one attached hydrogen (secondary N) is 1. The molecule has 0 aromatic rings. The summed E-state index contributed by atoms with van der Waals surface area (Å²) in [7, 11) is 1.73. The first-order chi connectivity index (χ1) is 6.70. The fraction of sp³-hybridized carbons (Fsp3) is 1.00. The van der Waals surface area contributed by atoms with Crippen LogP contribution >= 0.6 is 0 Å². The highest BCUT2D eigenvalue weighted by Gasteiger charge is 2.03. The molecule has 0 aromatic carbocycles. The van der Waals surface area contributed by atoms with Gasteiger partial charge in [-0.1, -0.05) is 20.8 Å². The van der Waals surface area contributed by atoms with Crippen LogP contribution in [0.25, 0.3) is 0 Å². The standard InChI is InChI=1S/C11H26N2O/c1-5-13(10-11(2)3)8-6-12-7-9-14-4/h11-12H,5-10H2,1-4H3. The van der Waals surface area contributed by atoms with E-state index >= 15 is 0 Å². The highest BCUT2D eigenvalue weighted by Crippen LogP contribution is 1.96. The Bertz CT molecular complexity index is 118. The Morgan fingerprint density at radius 2 is 2.00 bits per heavy atom. The first-order valence-corrected chi connectivity index (χ1v) is 5.62. The van der Waals surface area contributed by atoms with Gasteiger partial charge in [-0.2, -0.15) is 0 Å². The molecule has 0 fully saturated rings. The van der Waals surface area contributed by atoms with Gasteiger partial charge in [0.15, 0.2) is 0 Å². The van der Waals surface area contributed by atoms with Gasteiger partial charge in [0.25, 0.3) is 0 Å². The summed E-state index contributed by atoms with van der Waals surface area (Å²) >= 11 is 0. The van der Waals surface area contributed by atoms with Crippen molar-refractivity contribution in [3.63, 3.8) is 0 Å². The number of nitrogens with zero attached hydrogens (tertiary/aromatic N) is 1. The molecule has 0 amide bonds. The van der Waals surface area contributed by atoms with E-state index in [9.17, 15) is 0 Å². The van der Waals surface area contributed by atoms with Crippen LogP contribution < -0.4 is 5.32 Å². The Labute approximate surface area is 88.8 Å². The molecule has 14 heavy (non-hydrogen) atoms. The molecule has 86 valence electrons. The van der Waals surface area contributed by atoms with E-state index in [4.69, 9.17) is 4.74 Å². The number of likely N-dealkylation sites (N-methyl/N-ethyl adjacent to an activating group) is 1. The Morgan fingerprint density at radius 3 is 2.50 bits per heavy atom. The Hall–Kier alpha value is -0.120. The van der Waals surface area contributed by atoms with Crippen LogP contribution in [0.2, 0.25) is 0 Å². The van der Waals surface area contributed by atoms with E-state index in [-0.39, 0.29) is 0 Å². The lowest BCUT2D eigenvalue weighted by Crippen LogP contribution is -2.35. The maximum atomic E-state index is 4.96. The minimum Gasteiger partial charge on any atom is -0.383 e. The summed E-state index contributed by atoms with van der Waals surface area (Å²) in [6.45, 7) is 13.0. The third-order valence-corrected chi connectivity index (χ3v) is 2.16. The fourth-order valence-corrected chi connectivity index (χ4v) is 1.43. The van der Waals surface area contributed by atoms with E-state index in [1.165, 1.54) is 6.54 Å². The summed E-state index contributed by atoms with van der Waals surface area (Å²) in [5, 5.41) is 3.36. The molecule has 0 aromatic heterocycles. The molecule has 0 saturated carbocycles. The van der Waals surface area contributed by atoms with E-state index in [1.807, 2.05) is 0 Å². The van der Waals surface area contributed by atoms with Gasteiger partial charge in [-0.15, -0.1) is 0 Å². The molecule has 0 rings (SSSR count). The number of hydrogen-bond acceptors (Lipinski definition) is 3. The maximum Gasteiger partial charge on any atom is 0.0587 e. The van der Waals surface area contributed by atoms with Crippen molar-refractivity contribution >= 4 is 0 Å². The molecule has 0 unspecified atom stereocenters. The quantitative estimate of drug-likeness (QED) is 0.569. The Morgan fingerprint density at radius 1 is 1.29 bits per heavy atom. The third kappa shape index (κ3) is 8.48. The lowest BCUT2D eigenvalue weighted by atomic mass is 10.2. The summed E-state index contributed by atoms with van der Waals surface area (Å²) in [5.74, 6) is 0.758. The van der Waals surface area contributed by atoms with Crippen LogP contribution in [0, 0.1) is 5.92 Å². The summed E-state index contributed by atoms with van der Waals surface area (Å²) in [4.78, 5) is 2.48. The Kier molecular flexibility index (Phi) is 9.35. The molecule has 0 saturated heterocycles. The van der Waals surface area contributed by atoms with Crippen molar-refractivity contribution in [1.82, 2.24) is 10.2 Å². The van der Waals surface area contributed by atoms with Gasteiger partial charge >= 0.3 is 0 Å². The first kappa shape index (κ1) is 13.9. The predicted octanol–water partition coefficient (Wildman–Crippen LogP) is 1.20. The molecule has 0 aliphatic carbocycles. The smallest absolute Gasteiger partial charge is 0.0587 e. The van der Waals surface area contributed by atoms with Crippen molar-refractivity contribution in [1.29, 1.82) is 0 Å².